The molecule has 28 heavy (non-hydrogen) atoms. The molecule has 2 aromatic rings. The zero-order valence-corrected chi connectivity index (χ0v) is 18.1. The van der Waals surface area contributed by atoms with Gasteiger partial charge in [-0.1, -0.05) is 28.1 Å². The molecule has 5 heteroatoms. The molecule has 0 amide bonds. The largest absolute Gasteiger partial charge is 0.487 e. The van der Waals surface area contributed by atoms with E-state index < -0.39 is 12.2 Å². The van der Waals surface area contributed by atoms with Crippen LogP contribution >= 0.6 is 15.9 Å². The summed E-state index contributed by atoms with van der Waals surface area (Å²) < 4.78 is 7.48. The molecule has 4 nitrogen and oxygen atoms in total. The van der Waals surface area contributed by atoms with Crippen molar-refractivity contribution in [2.75, 3.05) is 19.6 Å². The predicted octanol–water partition coefficient (Wildman–Crippen LogP) is 4.45. The number of rotatable bonds is 3. The highest BCUT2D eigenvalue weighted by atomic mass is 79.9. The Morgan fingerprint density at radius 1 is 1.14 bits per heavy atom. The number of likely N-dealkylation sites (tertiary alicyclic amines) is 1. The van der Waals surface area contributed by atoms with Gasteiger partial charge in [-0.05, 0) is 67.6 Å². The Balaban J connectivity index is 1.41. The van der Waals surface area contributed by atoms with Crippen LogP contribution in [0.4, 0.5) is 0 Å². The quantitative estimate of drug-likeness (QED) is 0.732. The number of hydrogen-bond donors (Lipinski definition) is 2. The summed E-state index contributed by atoms with van der Waals surface area (Å²) in [6.07, 6.45) is 1.41. The molecule has 0 unspecified atom stereocenters. The van der Waals surface area contributed by atoms with Crippen LogP contribution in [-0.4, -0.2) is 40.3 Å². The lowest BCUT2D eigenvalue weighted by atomic mass is 9.81. The van der Waals surface area contributed by atoms with E-state index in [1.807, 2.05) is 24.3 Å². The monoisotopic (exact) mass is 445 g/mol. The molecule has 1 spiro atoms. The molecule has 0 aromatic heterocycles. The molecule has 0 saturated carbocycles. The van der Waals surface area contributed by atoms with Gasteiger partial charge in [-0.2, -0.15) is 0 Å². The second-order valence-electron chi connectivity index (χ2n) is 8.35. The summed E-state index contributed by atoms with van der Waals surface area (Å²) in [5.41, 5.74) is 3.94. The van der Waals surface area contributed by atoms with Gasteiger partial charge in [0, 0.05) is 36.1 Å². The van der Waals surface area contributed by atoms with E-state index in [9.17, 15) is 10.2 Å². The van der Waals surface area contributed by atoms with Gasteiger partial charge in [-0.25, -0.2) is 0 Å². The first-order valence-electron chi connectivity index (χ1n) is 9.99. The van der Waals surface area contributed by atoms with E-state index >= 15 is 0 Å². The van der Waals surface area contributed by atoms with Gasteiger partial charge in [0.2, 0.25) is 0 Å². The van der Waals surface area contributed by atoms with Crippen molar-refractivity contribution in [1.29, 1.82) is 0 Å². The number of benzene rings is 2. The second-order valence-corrected chi connectivity index (χ2v) is 9.26. The van der Waals surface area contributed by atoms with Crippen LogP contribution in [0.1, 0.15) is 53.7 Å². The lowest BCUT2D eigenvalue weighted by Crippen LogP contribution is -2.51. The predicted molar refractivity (Wildman–Crippen MR) is 114 cm³/mol. The maximum absolute atomic E-state index is 10.7. The number of piperidine rings is 1. The second kappa shape index (κ2) is 7.79. The summed E-state index contributed by atoms with van der Waals surface area (Å²) in [6, 6.07) is 12.0. The van der Waals surface area contributed by atoms with Crippen molar-refractivity contribution >= 4 is 15.9 Å². The number of hydrogen-bond acceptors (Lipinski definition) is 4. The van der Waals surface area contributed by atoms with Crippen molar-refractivity contribution in [3.63, 3.8) is 0 Å². The summed E-state index contributed by atoms with van der Waals surface area (Å²) in [7, 11) is 0. The van der Waals surface area contributed by atoms with Crippen molar-refractivity contribution in [2.24, 2.45) is 0 Å². The van der Waals surface area contributed by atoms with Gasteiger partial charge in [-0.3, -0.25) is 0 Å². The van der Waals surface area contributed by atoms with Crippen LogP contribution in [0.15, 0.2) is 40.9 Å². The highest BCUT2D eigenvalue weighted by molar-refractivity contribution is 9.10. The van der Waals surface area contributed by atoms with Crippen molar-refractivity contribution in [2.45, 2.75) is 50.9 Å². The van der Waals surface area contributed by atoms with Crippen LogP contribution in [0, 0.1) is 13.8 Å². The molecule has 150 valence electrons. The van der Waals surface area contributed by atoms with E-state index in [0.29, 0.717) is 13.0 Å². The Morgan fingerprint density at radius 3 is 2.46 bits per heavy atom. The van der Waals surface area contributed by atoms with Crippen LogP contribution < -0.4 is 4.74 Å². The standard InChI is InChI=1S/C23H28BrNO3/c1-15-11-19-20(26)13-23(28-22(19)12-16(15)2)7-9-25(10-8-23)14-21(27)17-3-5-18(24)6-4-17/h3-6,11-12,20-21,26-27H,7-10,13-14H2,1-2H3/t20-,21-/m0/s1. The minimum absolute atomic E-state index is 0.298. The Labute approximate surface area is 175 Å². The average molecular weight is 446 g/mol. The van der Waals surface area contributed by atoms with E-state index in [-0.39, 0.29) is 5.60 Å². The number of ether oxygens (including phenoxy) is 1. The summed E-state index contributed by atoms with van der Waals surface area (Å²) >= 11 is 3.43. The molecule has 2 aliphatic rings. The fraction of sp³-hybridized carbons (Fsp3) is 0.478. The number of aliphatic hydroxyl groups excluding tert-OH is 2. The van der Waals surface area contributed by atoms with Crippen LogP contribution in [0.3, 0.4) is 0 Å². The highest BCUT2D eigenvalue weighted by Crippen LogP contribution is 2.45. The van der Waals surface area contributed by atoms with E-state index in [0.717, 1.165) is 47.3 Å². The SMILES string of the molecule is Cc1cc2c(cc1C)[C@@H](O)CC1(CCN(C[C@H](O)c3ccc(Br)cc3)CC1)O2. The van der Waals surface area contributed by atoms with Gasteiger partial charge in [-0.15, -0.1) is 0 Å². The molecule has 0 aliphatic carbocycles. The first kappa shape index (κ1) is 19.9. The Bertz CT molecular complexity index is 844. The molecule has 1 saturated heterocycles. The zero-order valence-electron chi connectivity index (χ0n) is 16.5. The summed E-state index contributed by atoms with van der Waals surface area (Å²) in [4.78, 5) is 2.30. The van der Waals surface area contributed by atoms with Gasteiger partial charge >= 0.3 is 0 Å². The zero-order chi connectivity index (χ0) is 19.9. The Kier molecular flexibility index (Phi) is 5.53. The van der Waals surface area contributed by atoms with Crippen LogP contribution in [0.25, 0.3) is 0 Å². The average Bonchev–Trinajstić information content (AvgIpc) is 2.66. The van der Waals surface area contributed by atoms with Crippen LogP contribution in [-0.2, 0) is 0 Å². The number of halogens is 1. The lowest BCUT2D eigenvalue weighted by Gasteiger charge is -2.46. The first-order chi connectivity index (χ1) is 13.3. The van der Waals surface area contributed by atoms with Crippen molar-refractivity contribution in [3.8, 4) is 5.75 Å². The van der Waals surface area contributed by atoms with Gasteiger partial charge in [0.25, 0.3) is 0 Å². The smallest absolute Gasteiger partial charge is 0.126 e. The fourth-order valence-electron chi connectivity index (χ4n) is 4.38. The maximum atomic E-state index is 10.7. The van der Waals surface area contributed by atoms with Crippen molar-refractivity contribution < 1.29 is 14.9 Å². The number of aryl methyl sites for hydroxylation is 2. The molecule has 2 aromatic carbocycles. The summed E-state index contributed by atoms with van der Waals surface area (Å²) in [6.45, 7) is 6.50. The summed E-state index contributed by atoms with van der Waals surface area (Å²) in [5.74, 6) is 0.838. The van der Waals surface area contributed by atoms with Crippen LogP contribution in [0.5, 0.6) is 5.75 Å². The van der Waals surface area contributed by atoms with Gasteiger partial charge in [0.1, 0.15) is 11.4 Å². The van der Waals surface area contributed by atoms with E-state index in [2.05, 4.69) is 46.8 Å². The van der Waals surface area contributed by atoms with E-state index in [1.54, 1.807) is 0 Å². The topological polar surface area (TPSA) is 52.9 Å². The number of aliphatic hydroxyl groups is 2. The third-order valence-corrected chi connectivity index (χ3v) is 6.86. The first-order valence-corrected chi connectivity index (χ1v) is 10.8. The lowest BCUT2D eigenvalue weighted by molar-refractivity contribution is -0.0588. The molecule has 0 radical (unpaired) electrons. The fourth-order valence-corrected chi connectivity index (χ4v) is 4.65. The van der Waals surface area contributed by atoms with E-state index in [1.165, 1.54) is 11.1 Å². The molecule has 2 N–H and O–H groups in total. The van der Waals surface area contributed by atoms with Gasteiger partial charge in [0.05, 0.1) is 12.2 Å². The van der Waals surface area contributed by atoms with E-state index in [4.69, 9.17) is 4.74 Å². The van der Waals surface area contributed by atoms with Crippen LogP contribution in [0.2, 0.25) is 0 Å². The van der Waals surface area contributed by atoms with Crippen molar-refractivity contribution in [1.82, 2.24) is 4.90 Å². The number of β-amino-alcohol motifs (C(OH)–C–C–N with tert-alkyl or cyclic N) is 1. The van der Waals surface area contributed by atoms with Gasteiger partial charge in [0.15, 0.2) is 0 Å². The molecule has 2 aliphatic heterocycles. The molecular formula is C23H28BrNO3. The molecule has 1 fully saturated rings. The molecular weight excluding hydrogens is 418 g/mol. The Morgan fingerprint density at radius 2 is 1.79 bits per heavy atom. The Hall–Kier alpha value is -1.40. The van der Waals surface area contributed by atoms with Crippen molar-refractivity contribution in [3.05, 3.63) is 63.1 Å². The number of fused-ring (bicyclic) bond motifs is 1. The third-order valence-electron chi connectivity index (χ3n) is 6.33. The minimum atomic E-state index is -0.494. The molecule has 2 atom stereocenters. The molecule has 4 rings (SSSR count). The number of nitrogens with zero attached hydrogens (tertiary/aromatic N) is 1. The summed E-state index contributed by atoms with van der Waals surface area (Å²) in [5, 5.41) is 21.3. The normalized spacial score (nSPS) is 22.5. The molecule has 0 bridgehead atoms. The van der Waals surface area contributed by atoms with Gasteiger partial charge < -0.3 is 19.8 Å². The third kappa shape index (κ3) is 3.99. The maximum Gasteiger partial charge on any atom is 0.126 e. The highest BCUT2D eigenvalue weighted by Gasteiger charge is 2.43. The molecule has 2 heterocycles. The minimum Gasteiger partial charge on any atom is -0.487 e.